The van der Waals surface area contributed by atoms with Crippen LogP contribution in [0.15, 0.2) is 18.2 Å². The van der Waals surface area contributed by atoms with Crippen molar-refractivity contribution in [1.82, 2.24) is 5.32 Å². The Morgan fingerprint density at radius 1 is 1.19 bits per heavy atom. The van der Waals surface area contributed by atoms with Gasteiger partial charge in [0, 0.05) is 17.7 Å². The highest BCUT2D eigenvalue weighted by Crippen LogP contribution is 2.24. The summed E-state index contributed by atoms with van der Waals surface area (Å²) in [6, 6.07) is 5.60. The summed E-state index contributed by atoms with van der Waals surface area (Å²) in [5, 5.41) is 6.16. The molecule has 2 N–H and O–H groups in total. The van der Waals surface area contributed by atoms with Crippen LogP contribution in [0.1, 0.15) is 48.0 Å². The minimum absolute atomic E-state index is 0. The summed E-state index contributed by atoms with van der Waals surface area (Å²) in [5.41, 5.74) is 2.62. The first-order chi connectivity index (χ1) is 9.74. The minimum Gasteiger partial charge on any atom is -0.325 e. The lowest BCUT2D eigenvalue weighted by atomic mass is 9.90. The molecular weight excluding hydrogens is 288 g/mol. The lowest BCUT2D eigenvalue weighted by molar-refractivity contribution is -0.118. The fraction of sp³-hybridized carbons (Fsp3) is 0.500. The third kappa shape index (κ3) is 3.63. The number of carbonyl (C=O) groups excluding carboxylic acids is 2. The molecule has 1 heterocycles. The molecular formula is C16H21ClN2O2. The number of ketones is 1. The quantitative estimate of drug-likeness (QED) is 0.883. The van der Waals surface area contributed by atoms with Crippen molar-refractivity contribution >= 4 is 29.8 Å². The Morgan fingerprint density at radius 3 is 2.81 bits per heavy atom. The van der Waals surface area contributed by atoms with Crippen LogP contribution in [0.5, 0.6) is 0 Å². The van der Waals surface area contributed by atoms with Gasteiger partial charge in [-0.1, -0.05) is 12.5 Å². The van der Waals surface area contributed by atoms with Crippen LogP contribution >= 0.6 is 12.4 Å². The van der Waals surface area contributed by atoms with E-state index in [2.05, 4.69) is 10.6 Å². The summed E-state index contributed by atoms with van der Waals surface area (Å²) >= 11 is 0. The molecule has 21 heavy (non-hydrogen) atoms. The molecule has 2 aliphatic rings. The number of halogens is 1. The van der Waals surface area contributed by atoms with E-state index >= 15 is 0 Å². The molecule has 0 saturated carbocycles. The van der Waals surface area contributed by atoms with Gasteiger partial charge in [-0.25, -0.2) is 0 Å². The van der Waals surface area contributed by atoms with Gasteiger partial charge in [-0.15, -0.1) is 12.4 Å². The van der Waals surface area contributed by atoms with Gasteiger partial charge in [-0.3, -0.25) is 9.59 Å². The Bertz CT molecular complexity index is 539. The fourth-order valence-electron chi connectivity index (χ4n) is 3.01. The van der Waals surface area contributed by atoms with Crippen LogP contribution < -0.4 is 10.6 Å². The van der Waals surface area contributed by atoms with Gasteiger partial charge in [-0.2, -0.15) is 0 Å². The van der Waals surface area contributed by atoms with E-state index in [1.54, 1.807) is 0 Å². The second-order valence-electron chi connectivity index (χ2n) is 5.64. The number of fused-ring (bicyclic) bond motifs is 1. The predicted octanol–water partition coefficient (Wildman–Crippen LogP) is 2.71. The molecule has 0 bridgehead atoms. The van der Waals surface area contributed by atoms with Crippen molar-refractivity contribution in [3.63, 3.8) is 0 Å². The van der Waals surface area contributed by atoms with Crippen LogP contribution in [-0.2, 0) is 11.2 Å². The van der Waals surface area contributed by atoms with Gasteiger partial charge in [0.05, 0.1) is 6.04 Å². The van der Waals surface area contributed by atoms with Gasteiger partial charge in [0.2, 0.25) is 5.91 Å². The zero-order valence-corrected chi connectivity index (χ0v) is 12.8. The molecule has 114 valence electrons. The average molecular weight is 309 g/mol. The Balaban J connectivity index is 0.00000161. The number of carbonyl (C=O) groups is 2. The third-order valence-electron chi connectivity index (χ3n) is 4.15. The van der Waals surface area contributed by atoms with Crippen LogP contribution in [0.4, 0.5) is 5.69 Å². The van der Waals surface area contributed by atoms with E-state index in [4.69, 9.17) is 0 Å². The van der Waals surface area contributed by atoms with Gasteiger partial charge < -0.3 is 10.6 Å². The van der Waals surface area contributed by atoms with E-state index in [9.17, 15) is 9.59 Å². The van der Waals surface area contributed by atoms with Crippen molar-refractivity contribution in [3.05, 3.63) is 29.3 Å². The van der Waals surface area contributed by atoms with Crippen molar-refractivity contribution in [2.75, 3.05) is 11.9 Å². The molecule has 3 rings (SSSR count). The molecule has 0 radical (unpaired) electrons. The summed E-state index contributed by atoms with van der Waals surface area (Å²) < 4.78 is 0. The predicted molar refractivity (Wildman–Crippen MR) is 85.2 cm³/mol. The van der Waals surface area contributed by atoms with E-state index in [-0.39, 0.29) is 30.1 Å². The molecule has 1 amide bonds. The lowest BCUT2D eigenvalue weighted by Gasteiger charge is -2.23. The topological polar surface area (TPSA) is 58.2 Å². The van der Waals surface area contributed by atoms with Crippen LogP contribution in [0.2, 0.25) is 0 Å². The maximum absolute atomic E-state index is 12.2. The number of hydrogen-bond donors (Lipinski definition) is 2. The number of rotatable bonds is 2. The zero-order valence-electron chi connectivity index (χ0n) is 12.0. The zero-order chi connectivity index (χ0) is 13.9. The average Bonchev–Trinajstić information content (AvgIpc) is 2.49. The molecule has 1 saturated heterocycles. The Kier molecular flexibility index (Phi) is 5.37. The molecule has 1 aromatic rings. The third-order valence-corrected chi connectivity index (χ3v) is 4.15. The Morgan fingerprint density at radius 2 is 2.05 bits per heavy atom. The minimum atomic E-state index is -0.101. The normalized spacial score (nSPS) is 21.1. The number of hydrogen-bond acceptors (Lipinski definition) is 3. The number of piperidine rings is 1. The highest BCUT2D eigenvalue weighted by atomic mass is 35.5. The van der Waals surface area contributed by atoms with Crippen LogP contribution in [0.3, 0.4) is 0 Å². The maximum atomic E-state index is 12.2. The first-order valence-corrected chi connectivity index (χ1v) is 7.44. The van der Waals surface area contributed by atoms with Crippen LogP contribution in [0, 0.1) is 0 Å². The van der Waals surface area contributed by atoms with E-state index in [0.717, 1.165) is 55.5 Å². The Labute approximate surface area is 131 Å². The largest absolute Gasteiger partial charge is 0.325 e. The van der Waals surface area contributed by atoms with E-state index in [1.165, 1.54) is 0 Å². The summed E-state index contributed by atoms with van der Waals surface area (Å²) in [6.45, 7) is 0.904. The van der Waals surface area contributed by atoms with E-state index < -0.39 is 0 Å². The molecule has 0 spiro atoms. The molecule has 1 aromatic carbocycles. The van der Waals surface area contributed by atoms with Gasteiger partial charge in [0.25, 0.3) is 0 Å². The second-order valence-corrected chi connectivity index (χ2v) is 5.64. The molecule has 1 aliphatic heterocycles. The summed E-state index contributed by atoms with van der Waals surface area (Å²) in [4.78, 5) is 24.1. The number of benzene rings is 1. The van der Waals surface area contributed by atoms with Crippen molar-refractivity contribution in [3.8, 4) is 0 Å². The van der Waals surface area contributed by atoms with Gasteiger partial charge >= 0.3 is 0 Å². The first kappa shape index (κ1) is 16.0. The standard InChI is InChI=1S/C16H20N2O2.ClH/c19-15-6-3-4-11-7-8-12(10-13(11)15)18-16(20)14-5-1-2-9-17-14;/h7-8,10,14,17H,1-6,9H2,(H,18,20);1H. The van der Waals surface area contributed by atoms with E-state index in [0.29, 0.717) is 6.42 Å². The molecule has 5 heteroatoms. The van der Waals surface area contributed by atoms with Crippen molar-refractivity contribution in [2.24, 2.45) is 0 Å². The number of aryl methyl sites for hydroxylation is 1. The highest BCUT2D eigenvalue weighted by molar-refractivity contribution is 6.01. The summed E-state index contributed by atoms with van der Waals surface area (Å²) in [7, 11) is 0. The lowest BCUT2D eigenvalue weighted by Crippen LogP contribution is -2.43. The number of amides is 1. The molecule has 1 aliphatic carbocycles. The molecule has 0 aromatic heterocycles. The van der Waals surface area contributed by atoms with Crippen molar-refractivity contribution < 1.29 is 9.59 Å². The molecule has 4 nitrogen and oxygen atoms in total. The SMILES string of the molecule is Cl.O=C1CCCc2ccc(NC(=O)C3CCCCN3)cc21. The maximum Gasteiger partial charge on any atom is 0.241 e. The van der Waals surface area contributed by atoms with Gasteiger partial charge in [-0.05, 0) is 49.9 Å². The molecule has 1 atom stereocenters. The molecule has 1 fully saturated rings. The Hall–Kier alpha value is -1.39. The molecule has 1 unspecified atom stereocenters. The van der Waals surface area contributed by atoms with Crippen molar-refractivity contribution in [1.29, 1.82) is 0 Å². The second kappa shape index (κ2) is 7.05. The summed E-state index contributed by atoms with van der Waals surface area (Å²) in [6.07, 6.45) is 5.62. The first-order valence-electron chi connectivity index (χ1n) is 7.44. The highest BCUT2D eigenvalue weighted by Gasteiger charge is 2.22. The number of Topliss-reactive ketones (excluding diaryl/α,β-unsaturated/α-hetero) is 1. The monoisotopic (exact) mass is 308 g/mol. The van der Waals surface area contributed by atoms with E-state index in [1.807, 2.05) is 18.2 Å². The number of nitrogens with one attached hydrogen (secondary N) is 2. The van der Waals surface area contributed by atoms with Gasteiger partial charge in [0.15, 0.2) is 5.78 Å². The smallest absolute Gasteiger partial charge is 0.241 e. The van der Waals surface area contributed by atoms with Gasteiger partial charge in [0.1, 0.15) is 0 Å². The number of anilines is 1. The summed E-state index contributed by atoms with van der Waals surface area (Å²) in [5.74, 6) is 0.200. The van der Waals surface area contributed by atoms with Crippen molar-refractivity contribution in [2.45, 2.75) is 44.6 Å². The fourth-order valence-corrected chi connectivity index (χ4v) is 3.01. The van der Waals surface area contributed by atoms with Crippen LogP contribution in [0.25, 0.3) is 0 Å². The van der Waals surface area contributed by atoms with Crippen LogP contribution in [-0.4, -0.2) is 24.3 Å².